The first-order valence-corrected chi connectivity index (χ1v) is 11.2. The number of rotatable bonds is 6. The minimum atomic E-state index is -4.76. The first-order valence-electron chi connectivity index (χ1n) is 9.76. The number of morpholine rings is 1. The summed E-state index contributed by atoms with van der Waals surface area (Å²) >= 11 is 0. The summed E-state index contributed by atoms with van der Waals surface area (Å²) in [6.07, 6.45) is -4.76. The van der Waals surface area contributed by atoms with Crippen LogP contribution in [0.25, 0.3) is 11.5 Å². The smallest absolute Gasteiger partial charge is 0.413 e. The Morgan fingerprint density at radius 3 is 2.18 bits per heavy atom. The number of ether oxygens (including phenoxy) is 1. The average Bonchev–Trinajstić information content (AvgIpc) is 3.30. The van der Waals surface area contributed by atoms with E-state index in [2.05, 4.69) is 14.6 Å². The third-order valence-electron chi connectivity index (χ3n) is 4.88. The van der Waals surface area contributed by atoms with E-state index in [0.717, 1.165) is 16.4 Å². The van der Waals surface area contributed by atoms with Gasteiger partial charge in [-0.3, -0.25) is 4.31 Å². The lowest BCUT2D eigenvalue weighted by Gasteiger charge is -2.33. The van der Waals surface area contributed by atoms with Crippen molar-refractivity contribution in [2.45, 2.75) is 12.7 Å². The van der Waals surface area contributed by atoms with E-state index >= 15 is 0 Å². The number of benzene rings is 2. The van der Waals surface area contributed by atoms with Gasteiger partial charge in [0.1, 0.15) is 5.82 Å². The number of halogens is 4. The van der Waals surface area contributed by atoms with E-state index in [1.807, 2.05) is 0 Å². The molecule has 1 aliphatic heterocycles. The Hall–Kier alpha value is -3.03. The highest BCUT2D eigenvalue weighted by Gasteiger charge is 2.38. The number of aromatic nitrogens is 2. The normalized spacial score (nSPS) is 15.5. The second-order valence-corrected chi connectivity index (χ2v) is 8.96. The first kappa shape index (κ1) is 23.1. The molecule has 0 saturated carbocycles. The molecule has 13 heteroatoms. The van der Waals surface area contributed by atoms with Crippen LogP contribution < -0.4 is 4.31 Å². The molecule has 0 unspecified atom stereocenters. The molecule has 2 heterocycles. The van der Waals surface area contributed by atoms with Gasteiger partial charge in [-0.2, -0.15) is 25.9 Å². The number of nitrogens with zero attached hydrogens (tertiary/aromatic N) is 4. The molecule has 33 heavy (non-hydrogen) atoms. The molecule has 0 aliphatic carbocycles. The molecule has 1 aromatic heterocycles. The summed E-state index contributed by atoms with van der Waals surface area (Å²) in [5.41, 5.74) is 1.04. The summed E-state index contributed by atoms with van der Waals surface area (Å²) in [6.45, 7) is 0.781. The second kappa shape index (κ2) is 9.08. The molecule has 0 spiro atoms. The molecule has 1 saturated heterocycles. The number of hydrogen-bond donors (Lipinski definition) is 0. The molecule has 0 amide bonds. The molecule has 8 nitrogen and oxygen atoms in total. The maximum Gasteiger partial charge on any atom is 0.470 e. The maximum absolute atomic E-state index is 13.4. The molecule has 3 aromatic rings. The van der Waals surface area contributed by atoms with Gasteiger partial charge in [-0.25, -0.2) is 4.39 Å². The van der Waals surface area contributed by atoms with Crippen LogP contribution in [0, 0.1) is 5.82 Å². The average molecular weight is 486 g/mol. The van der Waals surface area contributed by atoms with Crippen LogP contribution in [0.3, 0.4) is 0 Å². The predicted molar refractivity (Wildman–Crippen MR) is 109 cm³/mol. The molecule has 1 aliphatic rings. The van der Waals surface area contributed by atoms with Crippen LogP contribution in [0.1, 0.15) is 11.5 Å². The Labute approximate surface area is 186 Å². The van der Waals surface area contributed by atoms with Crippen LogP contribution in [0.2, 0.25) is 0 Å². The van der Waals surface area contributed by atoms with Crippen molar-refractivity contribution < 1.29 is 35.1 Å². The zero-order chi connectivity index (χ0) is 23.6. The monoisotopic (exact) mass is 486 g/mol. The lowest BCUT2D eigenvalue weighted by molar-refractivity contribution is -0.156. The highest BCUT2D eigenvalue weighted by molar-refractivity contribution is 7.90. The zero-order valence-corrected chi connectivity index (χ0v) is 17.8. The summed E-state index contributed by atoms with van der Waals surface area (Å²) in [5, 5.41) is 6.39. The first-order chi connectivity index (χ1) is 15.6. The van der Waals surface area contributed by atoms with Gasteiger partial charge in [-0.05, 0) is 42.0 Å². The zero-order valence-electron chi connectivity index (χ0n) is 17.0. The Morgan fingerprint density at radius 1 is 0.970 bits per heavy atom. The number of hydrogen-bond acceptors (Lipinski definition) is 6. The molecule has 0 atom stereocenters. The SMILES string of the molecule is O=S(=O)(N1CCOCC1)N(Cc1ccc(-c2nnc(C(F)(F)F)o2)cc1)c1ccc(F)cc1. The van der Waals surface area contributed by atoms with E-state index in [1.54, 1.807) is 0 Å². The largest absolute Gasteiger partial charge is 0.470 e. The highest BCUT2D eigenvalue weighted by Crippen LogP contribution is 2.31. The summed E-state index contributed by atoms with van der Waals surface area (Å²) in [7, 11) is -3.97. The van der Waals surface area contributed by atoms with Crippen LogP contribution in [-0.4, -0.2) is 49.2 Å². The van der Waals surface area contributed by atoms with Gasteiger partial charge in [0.05, 0.1) is 25.4 Å². The van der Waals surface area contributed by atoms with Crippen molar-refractivity contribution >= 4 is 15.9 Å². The van der Waals surface area contributed by atoms with Gasteiger partial charge in [-0.15, -0.1) is 10.2 Å². The van der Waals surface area contributed by atoms with E-state index in [1.165, 1.54) is 40.7 Å². The summed E-state index contributed by atoms with van der Waals surface area (Å²) in [5.74, 6) is -2.28. The molecular weight excluding hydrogens is 468 g/mol. The quantitative estimate of drug-likeness (QED) is 0.496. The molecule has 0 N–H and O–H groups in total. The summed E-state index contributed by atoms with van der Waals surface area (Å²) in [6, 6.07) is 11.0. The summed E-state index contributed by atoms with van der Waals surface area (Å²) in [4.78, 5) is 0. The third-order valence-corrected chi connectivity index (χ3v) is 6.80. The second-order valence-electron chi connectivity index (χ2n) is 7.11. The predicted octanol–water partition coefficient (Wildman–Crippen LogP) is 3.48. The molecule has 0 radical (unpaired) electrons. The van der Waals surface area contributed by atoms with E-state index in [9.17, 15) is 26.0 Å². The molecule has 1 fully saturated rings. The van der Waals surface area contributed by atoms with Crippen molar-refractivity contribution in [3.05, 3.63) is 65.8 Å². The van der Waals surface area contributed by atoms with Gasteiger partial charge < -0.3 is 9.15 Å². The molecule has 0 bridgehead atoms. The van der Waals surface area contributed by atoms with Gasteiger partial charge in [-0.1, -0.05) is 12.1 Å². The van der Waals surface area contributed by atoms with E-state index in [0.29, 0.717) is 5.56 Å². The van der Waals surface area contributed by atoms with Crippen LogP contribution >= 0.6 is 0 Å². The minimum absolute atomic E-state index is 0.0940. The Kier molecular flexibility index (Phi) is 6.36. The topological polar surface area (TPSA) is 88.8 Å². The standard InChI is InChI=1S/C20H18F4N4O4S/c21-16-5-7-17(8-6-16)28(33(29,30)27-9-11-31-12-10-27)13-14-1-3-15(4-2-14)18-25-26-19(32-18)20(22,23)24/h1-8H,9-13H2. The van der Waals surface area contributed by atoms with Crippen LogP contribution in [0.5, 0.6) is 0 Å². The molecule has 2 aromatic carbocycles. The van der Waals surface area contributed by atoms with Crippen molar-refractivity contribution in [2.75, 3.05) is 30.6 Å². The molecular formula is C20H18F4N4O4S. The van der Waals surface area contributed by atoms with Crippen molar-refractivity contribution in [3.8, 4) is 11.5 Å². The Bertz CT molecular complexity index is 1190. The van der Waals surface area contributed by atoms with Gasteiger partial charge in [0.2, 0.25) is 5.89 Å². The van der Waals surface area contributed by atoms with Crippen LogP contribution in [0.15, 0.2) is 52.9 Å². The Morgan fingerprint density at radius 2 is 1.61 bits per heavy atom. The Balaban J connectivity index is 1.61. The number of alkyl halides is 3. The number of anilines is 1. The van der Waals surface area contributed by atoms with Gasteiger partial charge in [0.15, 0.2) is 0 Å². The van der Waals surface area contributed by atoms with Crippen molar-refractivity contribution in [2.24, 2.45) is 0 Å². The molecule has 4 rings (SSSR count). The van der Waals surface area contributed by atoms with E-state index in [4.69, 9.17) is 4.74 Å². The fourth-order valence-corrected chi connectivity index (χ4v) is 4.79. The maximum atomic E-state index is 13.4. The van der Waals surface area contributed by atoms with Crippen LogP contribution in [0.4, 0.5) is 23.2 Å². The molecule has 176 valence electrons. The van der Waals surface area contributed by atoms with Gasteiger partial charge in [0.25, 0.3) is 0 Å². The summed E-state index contributed by atoms with van der Waals surface area (Å²) < 4.78 is 90.4. The lowest BCUT2D eigenvalue weighted by Crippen LogP contribution is -2.48. The minimum Gasteiger partial charge on any atom is -0.413 e. The highest BCUT2D eigenvalue weighted by atomic mass is 32.2. The fourth-order valence-electron chi connectivity index (χ4n) is 3.20. The lowest BCUT2D eigenvalue weighted by atomic mass is 10.1. The fraction of sp³-hybridized carbons (Fsp3) is 0.300. The van der Waals surface area contributed by atoms with Crippen molar-refractivity contribution in [1.82, 2.24) is 14.5 Å². The van der Waals surface area contributed by atoms with E-state index in [-0.39, 0.29) is 50.0 Å². The third kappa shape index (κ3) is 5.15. The van der Waals surface area contributed by atoms with Gasteiger partial charge >= 0.3 is 22.3 Å². The van der Waals surface area contributed by atoms with Crippen LogP contribution in [-0.2, 0) is 27.7 Å². The van der Waals surface area contributed by atoms with Gasteiger partial charge in [0, 0.05) is 18.7 Å². The van der Waals surface area contributed by atoms with Crippen molar-refractivity contribution in [1.29, 1.82) is 0 Å². The van der Waals surface area contributed by atoms with Crippen molar-refractivity contribution in [3.63, 3.8) is 0 Å². The van der Waals surface area contributed by atoms with E-state index < -0.39 is 28.1 Å².